The lowest BCUT2D eigenvalue weighted by Crippen LogP contribution is -2.48. The molecule has 1 fully saturated rings. The molecule has 2 rings (SSSR count). The van der Waals surface area contributed by atoms with Crippen LogP contribution in [-0.4, -0.2) is 24.0 Å². The van der Waals surface area contributed by atoms with Crippen LogP contribution >= 0.6 is 0 Å². The first-order valence-corrected chi connectivity index (χ1v) is 5.40. The zero-order chi connectivity index (χ0) is 12.6. The van der Waals surface area contributed by atoms with E-state index in [4.69, 9.17) is 4.74 Å². The second kappa shape index (κ2) is 3.87. The van der Waals surface area contributed by atoms with Gasteiger partial charge in [-0.3, -0.25) is 9.59 Å². The summed E-state index contributed by atoms with van der Waals surface area (Å²) >= 11 is 0. The molecule has 0 unspecified atom stereocenters. The lowest BCUT2D eigenvalue weighted by molar-refractivity contribution is -0.153. The second-order valence-corrected chi connectivity index (χ2v) is 4.46. The van der Waals surface area contributed by atoms with Gasteiger partial charge in [0.15, 0.2) is 0 Å². The first kappa shape index (κ1) is 11.6. The van der Waals surface area contributed by atoms with E-state index in [1.54, 1.807) is 25.3 Å². The van der Waals surface area contributed by atoms with Gasteiger partial charge in [0.2, 0.25) is 0 Å². The summed E-state index contributed by atoms with van der Waals surface area (Å²) in [5.74, 6) is -0.206. The summed E-state index contributed by atoms with van der Waals surface area (Å²) < 4.78 is 5.13. The molecule has 1 aromatic rings. The number of aryl methyl sites for hydroxylation is 1. The van der Waals surface area contributed by atoms with Gasteiger partial charge in [-0.05, 0) is 24.1 Å². The molecule has 0 bridgehead atoms. The molecule has 1 aromatic carbocycles. The minimum Gasteiger partial charge on any atom is -0.496 e. The van der Waals surface area contributed by atoms with Crippen molar-refractivity contribution in [3.63, 3.8) is 0 Å². The smallest absolute Gasteiger partial charge is 0.315 e. The normalized spacial score (nSPS) is 17.4. The Balaban J connectivity index is 2.42. The first-order valence-electron chi connectivity index (χ1n) is 5.40. The van der Waals surface area contributed by atoms with Crippen molar-refractivity contribution in [3.05, 3.63) is 29.3 Å². The van der Waals surface area contributed by atoms with Crippen molar-refractivity contribution >= 4 is 11.8 Å². The average molecular weight is 234 g/mol. The van der Waals surface area contributed by atoms with Crippen LogP contribution in [0, 0.1) is 6.92 Å². The Hall–Kier alpha value is -1.84. The SMILES string of the molecule is COc1ccc(C2(C(=O)O)CC(=O)C2)cc1C. The van der Waals surface area contributed by atoms with E-state index in [9.17, 15) is 14.7 Å². The van der Waals surface area contributed by atoms with Gasteiger partial charge in [0.05, 0.1) is 7.11 Å². The van der Waals surface area contributed by atoms with Crippen LogP contribution in [0.4, 0.5) is 0 Å². The molecule has 1 N–H and O–H groups in total. The lowest BCUT2D eigenvalue weighted by atomic mass is 9.63. The lowest BCUT2D eigenvalue weighted by Gasteiger charge is -2.36. The van der Waals surface area contributed by atoms with Crippen molar-refractivity contribution in [3.8, 4) is 5.75 Å². The van der Waals surface area contributed by atoms with Crippen LogP contribution in [0.15, 0.2) is 18.2 Å². The number of hydrogen-bond acceptors (Lipinski definition) is 3. The Morgan fingerprint density at radius 3 is 2.47 bits per heavy atom. The van der Waals surface area contributed by atoms with Crippen molar-refractivity contribution in [2.45, 2.75) is 25.2 Å². The van der Waals surface area contributed by atoms with Crippen LogP contribution < -0.4 is 4.74 Å². The van der Waals surface area contributed by atoms with Gasteiger partial charge in [-0.1, -0.05) is 12.1 Å². The van der Waals surface area contributed by atoms with Gasteiger partial charge in [-0.25, -0.2) is 0 Å². The van der Waals surface area contributed by atoms with Crippen LogP contribution in [0.1, 0.15) is 24.0 Å². The van der Waals surface area contributed by atoms with Crippen LogP contribution in [0.2, 0.25) is 0 Å². The monoisotopic (exact) mass is 234 g/mol. The predicted octanol–water partition coefficient (Wildman–Crippen LogP) is 1.69. The third-order valence-electron chi connectivity index (χ3n) is 3.35. The van der Waals surface area contributed by atoms with E-state index in [2.05, 4.69) is 0 Å². The number of carbonyl (C=O) groups is 2. The van der Waals surface area contributed by atoms with Gasteiger partial charge in [-0.15, -0.1) is 0 Å². The highest BCUT2D eigenvalue weighted by molar-refractivity contribution is 6.01. The molecule has 90 valence electrons. The molecule has 4 nitrogen and oxygen atoms in total. The number of rotatable bonds is 3. The first-order chi connectivity index (χ1) is 7.99. The molecule has 4 heteroatoms. The van der Waals surface area contributed by atoms with Crippen LogP contribution in [-0.2, 0) is 15.0 Å². The second-order valence-electron chi connectivity index (χ2n) is 4.46. The largest absolute Gasteiger partial charge is 0.496 e. The highest BCUT2D eigenvalue weighted by Gasteiger charge is 2.51. The Bertz CT molecular complexity index is 482. The predicted molar refractivity (Wildman–Crippen MR) is 61.3 cm³/mol. The molecule has 0 aromatic heterocycles. The van der Waals surface area contributed by atoms with Gasteiger partial charge in [-0.2, -0.15) is 0 Å². The highest BCUT2D eigenvalue weighted by atomic mass is 16.5. The molecule has 0 atom stereocenters. The fraction of sp³-hybridized carbons (Fsp3) is 0.385. The van der Waals surface area contributed by atoms with E-state index < -0.39 is 11.4 Å². The van der Waals surface area contributed by atoms with Gasteiger partial charge in [0, 0.05) is 12.8 Å². The minimum absolute atomic E-state index is 0.000807. The number of Topliss-reactive ketones (excluding diaryl/α,β-unsaturated/α-hetero) is 1. The minimum atomic E-state index is -1.02. The molecule has 0 radical (unpaired) electrons. The summed E-state index contributed by atoms with van der Waals surface area (Å²) in [5.41, 5.74) is 0.543. The molecule has 1 aliphatic rings. The molecule has 17 heavy (non-hydrogen) atoms. The van der Waals surface area contributed by atoms with Gasteiger partial charge < -0.3 is 9.84 Å². The van der Waals surface area contributed by atoms with Crippen molar-refractivity contribution in [1.82, 2.24) is 0 Å². The van der Waals surface area contributed by atoms with E-state index in [1.165, 1.54) is 0 Å². The van der Waals surface area contributed by atoms with E-state index in [0.29, 0.717) is 5.56 Å². The van der Waals surface area contributed by atoms with Gasteiger partial charge in [0.25, 0.3) is 0 Å². The molecule has 0 heterocycles. The topological polar surface area (TPSA) is 63.6 Å². The number of ether oxygens (including phenoxy) is 1. The summed E-state index contributed by atoms with van der Waals surface area (Å²) in [5, 5.41) is 9.29. The summed E-state index contributed by atoms with van der Waals surface area (Å²) in [7, 11) is 1.57. The molecule has 1 saturated carbocycles. The van der Waals surface area contributed by atoms with Gasteiger partial charge in [0.1, 0.15) is 16.9 Å². The van der Waals surface area contributed by atoms with Crippen LogP contribution in [0.5, 0.6) is 5.75 Å². The zero-order valence-electron chi connectivity index (χ0n) is 9.82. The number of aliphatic carboxylic acids is 1. The average Bonchev–Trinajstić information content (AvgIpc) is 2.24. The Morgan fingerprint density at radius 1 is 1.41 bits per heavy atom. The number of carbonyl (C=O) groups excluding carboxylic acids is 1. The number of carboxylic acids is 1. The number of methoxy groups -OCH3 is 1. The molecular weight excluding hydrogens is 220 g/mol. The zero-order valence-corrected chi connectivity index (χ0v) is 9.82. The maximum absolute atomic E-state index is 11.3. The van der Waals surface area contributed by atoms with E-state index >= 15 is 0 Å². The number of hydrogen-bond donors (Lipinski definition) is 1. The number of benzene rings is 1. The summed E-state index contributed by atoms with van der Waals surface area (Å²) in [6.45, 7) is 1.86. The Morgan fingerprint density at radius 2 is 2.06 bits per heavy atom. The number of carboxylic acid groups (broad SMARTS) is 1. The maximum Gasteiger partial charge on any atom is 0.315 e. The van der Waals surface area contributed by atoms with Crippen LogP contribution in [0.25, 0.3) is 0 Å². The van der Waals surface area contributed by atoms with Crippen molar-refractivity contribution < 1.29 is 19.4 Å². The van der Waals surface area contributed by atoms with E-state index in [0.717, 1.165) is 11.3 Å². The summed E-state index contributed by atoms with van der Waals surface area (Å²) in [6, 6.07) is 5.27. The fourth-order valence-corrected chi connectivity index (χ4v) is 2.28. The quantitative estimate of drug-likeness (QED) is 0.864. The Kier molecular flexibility index (Phi) is 2.65. The van der Waals surface area contributed by atoms with Crippen molar-refractivity contribution in [1.29, 1.82) is 0 Å². The standard InChI is InChI=1S/C13H14O4/c1-8-5-9(3-4-11(8)17-2)13(12(15)16)6-10(14)7-13/h3-5H,6-7H2,1-2H3,(H,15,16). The van der Waals surface area contributed by atoms with Crippen molar-refractivity contribution in [2.75, 3.05) is 7.11 Å². The molecule has 0 amide bonds. The van der Waals surface area contributed by atoms with Gasteiger partial charge >= 0.3 is 5.97 Å². The highest BCUT2D eigenvalue weighted by Crippen LogP contribution is 2.42. The van der Waals surface area contributed by atoms with E-state index in [-0.39, 0.29) is 18.6 Å². The third kappa shape index (κ3) is 1.69. The van der Waals surface area contributed by atoms with Crippen LogP contribution in [0.3, 0.4) is 0 Å². The molecule has 0 aliphatic heterocycles. The maximum atomic E-state index is 11.3. The molecule has 0 saturated heterocycles. The third-order valence-corrected chi connectivity index (χ3v) is 3.35. The fourth-order valence-electron chi connectivity index (χ4n) is 2.28. The van der Waals surface area contributed by atoms with Crippen molar-refractivity contribution in [2.24, 2.45) is 0 Å². The van der Waals surface area contributed by atoms with E-state index in [1.807, 2.05) is 6.92 Å². The molecule has 0 spiro atoms. The summed E-state index contributed by atoms with van der Waals surface area (Å²) in [4.78, 5) is 22.4. The number of ketones is 1. The molecular formula is C13H14O4. The Labute approximate surface area is 99.2 Å². The summed E-state index contributed by atoms with van der Waals surface area (Å²) in [6.07, 6.45) is 0.183. The molecule has 1 aliphatic carbocycles.